The minimum Gasteiger partial charge on any atom is -0.459 e. The van der Waals surface area contributed by atoms with Crippen molar-refractivity contribution in [2.45, 2.75) is 6.42 Å². The van der Waals surface area contributed by atoms with Gasteiger partial charge in [-0.2, -0.15) is 0 Å². The van der Waals surface area contributed by atoms with E-state index >= 15 is 0 Å². The number of nitrogens with one attached hydrogen (secondary N) is 1. The lowest BCUT2D eigenvalue weighted by Crippen LogP contribution is -2.53. The van der Waals surface area contributed by atoms with Crippen LogP contribution in [-0.4, -0.2) is 100 Å². The first kappa shape index (κ1) is 20.3. The number of carbonyl (C=O) groups is 1. The molecule has 0 saturated carbocycles. The molecule has 1 aliphatic rings. The van der Waals surface area contributed by atoms with Crippen molar-refractivity contribution in [1.29, 1.82) is 0 Å². The third-order valence-corrected chi connectivity index (χ3v) is 4.49. The molecular weight excluding hydrogens is 334 g/mol. The van der Waals surface area contributed by atoms with Gasteiger partial charge in [-0.1, -0.05) is 0 Å². The Kier molecular flexibility index (Phi) is 8.43. The highest BCUT2D eigenvalue weighted by atomic mass is 16.5. The standard InChI is InChI=1S/C18H31N5O3/c1-19-18(20-7-5-8-21(2)13-15-25-3)23-11-9-22(10-12-23)17(24)16-6-4-14-26-16/h4,6,14H,5,7-13,15H2,1-3H3,(H,19,20). The maximum atomic E-state index is 12.3. The number of guanidine groups is 1. The Labute approximate surface area is 155 Å². The average Bonchev–Trinajstić information content (AvgIpc) is 3.21. The molecule has 0 aliphatic carbocycles. The van der Waals surface area contributed by atoms with Crippen molar-refractivity contribution in [2.24, 2.45) is 4.99 Å². The molecule has 1 saturated heterocycles. The van der Waals surface area contributed by atoms with Gasteiger partial charge in [-0.3, -0.25) is 9.79 Å². The summed E-state index contributed by atoms with van der Waals surface area (Å²) >= 11 is 0. The second kappa shape index (κ2) is 10.8. The number of furan rings is 1. The molecule has 8 nitrogen and oxygen atoms in total. The average molecular weight is 365 g/mol. The second-order valence-electron chi connectivity index (χ2n) is 6.38. The van der Waals surface area contributed by atoms with Gasteiger partial charge in [0.25, 0.3) is 5.91 Å². The lowest BCUT2D eigenvalue weighted by Gasteiger charge is -2.36. The molecule has 1 fully saturated rings. The number of aliphatic imine (C=N–C) groups is 1. The Morgan fingerprint density at radius 2 is 2.04 bits per heavy atom. The molecule has 8 heteroatoms. The minimum absolute atomic E-state index is 0.0447. The van der Waals surface area contributed by atoms with Gasteiger partial charge in [0.2, 0.25) is 0 Å². The van der Waals surface area contributed by atoms with Crippen LogP contribution in [0.3, 0.4) is 0 Å². The van der Waals surface area contributed by atoms with Crippen LogP contribution in [0.25, 0.3) is 0 Å². The first-order valence-electron chi connectivity index (χ1n) is 9.11. The summed E-state index contributed by atoms with van der Waals surface area (Å²) in [5, 5.41) is 3.42. The van der Waals surface area contributed by atoms with Gasteiger partial charge in [0.15, 0.2) is 11.7 Å². The lowest BCUT2D eigenvalue weighted by molar-refractivity contribution is 0.0657. The quantitative estimate of drug-likeness (QED) is 0.413. The van der Waals surface area contributed by atoms with Crippen molar-refractivity contribution in [3.63, 3.8) is 0 Å². The SMILES string of the molecule is CN=C(NCCCN(C)CCOC)N1CCN(C(=O)c2ccco2)CC1. The summed E-state index contributed by atoms with van der Waals surface area (Å²) in [6.45, 7) is 6.44. The van der Waals surface area contributed by atoms with E-state index in [0.29, 0.717) is 18.8 Å². The molecule has 0 radical (unpaired) electrons. The van der Waals surface area contributed by atoms with Gasteiger partial charge in [0.1, 0.15) is 0 Å². The van der Waals surface area contributed by atoms with E-state index in [9.17, 15) is 4.79 Å². The maximum absolute atomic E-state index is 12.3. The van der Waals surface area contributed by atoms with Gasteiger partial charge < -0.3 is 29.2 Å². The van der Waals surface area contributed by atoms with E-state index in [1.54, 1.807) is 26.3 Å². The molecule has 0 unspecified atom stereocenters. The Bertz CT molecular complexity index is 553. The summed E-state index contributed by atoms with van der Waals surface area (Å²) < 4.78 is 10.3. The number of hydrogen-bond donors (Lipinski definition) is 1. The van der Waals surface area contributed by atoms with E-state index < -0.39 is 0 Å². The van der Waals surface area contributed by atoms with Crippen LogP contribution in [0.4, 0.5) is 0 Å². The third-order valence-electron chi connectivity index (χ3n) is 4.49. The topological polar surface area (TPSA) is 73.6 Å². The Morgan fingerprint density at radius 3 is 2.65 bits per heavy atom. The van der Waals surface area contributed by atoms with Gasteiger partial charge in [-0.15, -0.1) is 0 Å². The van der Waals surface area contributed by atoms with Crippen molar-refractivity contribution in [3.05, 3.63) is 24.2 Å². The Hall–Kier alpha value is -2.06. The first-order valence-corrected chi connectivity index (χ1v) is 9.11. The van der Waals surface area contributed by atoms with Crippen molar-refractivity contribution in [1.82, 2.24) is 20.0 Å². The van der Waals surface area contributed by atoms with Crippen LogP contribution in [0.2, 0.25) is 0 Å². The molecule has 2 rings (SSSR count). The highest BCUT2D eigenvalue weighted by molar-refractivity contribution is 5.91. The molecule has 1 aromatic heterocycles. The molecule has 1 aromatic rings. The zero-order valence-electron chi connectivity index (χ0n) is 16.1. The summed E-state index contributed by atoms with van der Waals surface area (Å²) in [5.41, 5.74) is 0. The predicted molar refractivity (Wildman–Crippen MR) is 102 cm³/mol. The maximum Gasteiger partial charge on any atom is 0.289 e. The van der Waals surface area contributed by atoms with Gasteiger partial charge in [0.05, 0.1) is 12.9 Å². The number of carbonyl (C=O) groups excluding carboxylic acids is 1. The van der Waals surface area contributed by atoms with Crippen LogP contribution in [-0.2, 0) is 4.74 Å². The fourth-order valence-corrected chi connectivity index (χ4v) is 2.92. The molecule has 1 aliphatic heterocycles. The monoisotopic (exact) mass is 365 g/mol. The van der Waals surface area contributed by atoms with Crippen LogP contribution in [0, 0.1) is 0 Å². The molecule has 0 atom stereocenters. The van der Waals surface area contributed by atoms with E-state index in [1.807, 2.05) is 4.90 Å². The first-order chi connectivity index (χ1) is 12.7. The van der Waals surface area contributed by atoms with Crippen LogP contribution < -0.4 is 5.32 Å². The fourth-order valence-electron chi connectivity index (χ4n) is 2.92. The van der Waals surface area contributed by atoms with Crippen molar-refractivity contribution in [2.75, 3.05) is 73.6 Å². The molecule has 0 spiro atoms. The molecular formula is C18H31N5O3. The molecule has 2 heterocycles. The van der Waals surface area contributed by atoms with Crippen molar-refractivity contribution >= 4 is 11.9 Å². The van der Waals surface area contributed by atoms with E-state index in [1.165, 1.54) is 6.26 Å². The third kappa shape index (κ3) is 6.03. The van der Waals surface area contributed by atoms with E-state index in [-0.39, 0.29) is 5.91 Å². The second-order valence-corrected chi connectivity index (χ2v) is 6.38. The van der Waals surface area contributed by atoms with Crippen LogP contribution in [0.1, 0.15) is 17.0 Å². The highest BCUT2D eigenvalue weighted by Gasteiger charge is 2.24. The summed E-state index contributed by atoms with van der Waals surface area (Å²) in [5.74, 6) is 1.25. The molecule has 146 valence electrons. The zero-order chi connectivity index (χ0) is 18.8. The molecule has 1 amide bonds. The number of amides is 1. The number of ether oxygens (including phenoxy) is 1. The molecule has 1 N–H and O–H groups in total. The normalized spacial score (nSPS) is 15.6. The van der Waals surface area contributed by atoms with Crippen LogP contribution in [0.5, 0.6) is 0 Å². The van der Waals surface area contributed by atoms with Crippen molar-refractivity contribution in [3.8, 4) is 0 Å². The van der Waals surface area contributed by atoms with Crippen LogP contribution in [0.15, 0.2) is 27.8 Å². The summed E-state index contributed by atoms with van der Waals surface area (Å²) in [6.07, 6.45) is 2.57. The number of hydrogen-bond acceptors (Lipinski definition) is 5. The van der Waals surface area contributed by atoms with Crippen molar-refractivity contribution < 1.29 is 13.9 Å². The summed E-state index contributed by atoms with van der Waals surface area (Å²) in [7, 11) is 5.62. The largest absolute Gasteiger partial charge is 0.459 e. The van der Waals surface area contributed by atoms with Gasteiger partial charge >= 0.3 is 0 Å². The molecule has 0 bridgehead atoms. The number of nitrogens with zero attached hydrogens (tertiary/aromatic N) is 4. The lowest BCUT2D eigenvalue weighted by atomic mass is 10.3. The van der Waals surface area contributed by atoms with E-state index in [0.717, 1.165) is 51.7 Å². The smallest absolute Gasteiger partial charge is 0.289 e. The summed E-state index contributed by atoms with van der Waals surface area (Å²) in [6, 6.07) is 3.45. The van der Waals surface area contributed by atoms with Crippen LogP contribution >= 0.6 is 0 Å². The number of methoxy groups -OCH3 is 1. The Morgan fingerprint density at radius 1 is 1.31 bits per heavy atom. The van der Waals surface area contributed by atoms with Gasteiger partial charge in [-0.05, 0) is 32.1 Å². The van der Waals surface area contributed by atoms with E-state index in [4.69, 9.17) is 9.15 Å². The molecule has 0 aromatic carbocycles. The highest BCUT2D eigenvalue weighted by Crippen LogP contribution is 2.09. The van der Waals surface area contributed by atoms with E-state index in [2.05, 4.69) is 27.2 Å². The van der Waals surface area contributed by atoms with Gasteiger partial charge in [0, 0.05) is 53.4 Å². The minimum atomic E-state index is -0.0447. The Balaban J connectivity index is 1.69. The van der Waals surface area contributed by atoms with Gasteiger partial charge in [-0.25, -0.2) is 0 Å². The predicted octanol–water partition coefficient (Wildman–Crippen LogP) is 0.581. The summed E-state index contributed by atoms with van der Waals surface area (Å²) in [4.78, 5) is 23.0. The number of piperazine rings is 1. The number of likely N-dealkylation sites (N-methyl/N-ethyl adjacent to an activating group) is 1. The fraction of sp³-hybridized carbons (Fsp3) is 0.667. The molecule has 26 heavy (non-hydrogen) atoms. The zero-order valence-corrected chi connectivity index (χ0v) is 16.1. The number of rotatable bonds is 8.